The number of carboxylic acids is 1. The van der Waals surface area contributed by atoms with E-state index in [-0.39, 0.29) is 29.9 Å². The summed E-state index contributed by atoms with van der Waals surface area (Å²) in [4.78, 5) is 41.3. The van der Waals surface area contributed by atoms with Gasteiger partial charge in [-0.3, -0.25) is 19.8 Å². The third kappa shape index (κ3) is 8.68. The Morgan fingerprint density at radius 3 is 2.50 bits per heavy atom. The van der Waals surface area contributed by atoms with Crippen molar-refractivity contribution >= 4 is 56.1 Å². The van der Waals surface area contributed by atoms with E-state index in [1.165, 1.54) is 12.1 Å². The van der Waals surface area contributed by atoms with Gasteiger partial charge in [0.2, 0.25) is 21.8 Å². The molecule has 1 fully saturated rings. The van der Waals surface area contributed by atoms with Crippen LogP contribution in [-0.2, 0) is 31.0 Å². The molecule has 0 spiro atoms. The summed E-state index contributed by atoms with van der Waals surface area (Å²) in [7, 11) is -4.33. The zero-order chi connectivity index (χ0) is 31.9. The van der Waals surface area contributed by atoms with Gasteiger partial charge in [0.1, 0.15) is 12.6 Å². The lowest BCUT2D eigenvalue weighted by Gasteiger charge is -2.33. The van der Waals surface area contributed by atoms with E-state index in [1.54, 1.807) is 47.4 Å². The highest BCUT2D eigenvalue weighted by Crippen LogP contribution is 2.21. The van der Waals surface area contributed by atoms with Gasteiger partial charge >= 0.3 is 5.97 Å². The zero-order valence-corrected chi connectivity index (χ0v) is 25.5. The Morgan fingerprint density at radius 2 is 1.80 bits per heavy atom. The number of carbonyl (C=O) groups excluding carboxylic acids is 2. The molecule has 0 saturated carbocycles. The molecule has 0 aromatic heterocycles. The van der Waals surface area contributed by atoms with E-state index in [2.05, 4.69) is 10.0 Å². The van der Waals surface area contributed by atoms with E-state index in [0.29, 0.717) is 29.1 Å². The smallest absolute Gasteiger partial charge is 0.323 e. The topological polar surface area (TPSA) is 186 Å². The molecule has 6 N–H and O–H groups in total. The molecule has 1 saturated heterocycles. The molecule has 14 heteroatoms. The first kappa shape index (κ1) is 32.7. The Bertz CT molecular complexity index is 1650. The summed E-state index contributed by atoms with van der Waals surface area (Å²) in [6.07, 6.45) is 1.01. The Kier molecular flexibility index (Phi) is 10.8. The van der Waals surface area contributed by atoms with Crippen molar-refractivity contribution in [2.45, 2.75) is 36.7 Å². The number of piperidine rings is 1. The second-order valence-electron chi connectivity index (χ2n) is 10.7. The van der Waals surface area contributed by atoms with Gasteiger partial charge in [0.15, 0.2) is 5.96 Å². The minimum absolute atomic E-state index is 0.00349. The van der Waals surface area contributed by atoms with Crippen LogP contribution in [-0.4, -0.2) is 79.3 Å². The highest BCUT2D eigenvalue weighted by Gasteiger charge is 2.33. The molecule has 234 valence electrons. The van der Waals surface area contributed by atoms with Gasteiger partial charge in [-0.25, -0.2) is 8.42 Å². The van der Waals surface area contributed by atoms with Crippen molar-refractivity contribution in [2.75, 3.05) is 26.2 Å². The van der Waals surface area contributed by atoms with Crippen LogP contribution in [0.3, 0.4) is 0 Å². The van der Waals surface area contributed by atoms with Crippen LogP contribution in [0.4, 0.5) is 0 Å². The molecule has 1 unspecified atom stereocenters. The molecular formula is C30H35ClN6O6S. The Morgan fingerprint density at radius 1 is 1.09 bits per heavy atom. The third-order valence-corrected chi connectivity index (χ3v) is 9.26. The first-order valence-electron chi connectivity index (χ1n) is 14.0. The number of nitrogens with one attached hydrogen (secondary N) is 3. The fourth-order valence-corrected chi connectivity index (χ4v) is 6.58. The van der Waals surface area contributed by atoms with Gasteiger partial charge in [0.25, 0.3) is 0 Å². The summed E-state index contributed by atoms with van der Waals surface area (Å²) in [5.74, 6) is -2.86. The van der Waals surface area contributed by atoms with Gasteiger partial charge in [-0.15, -0.1) is 0 Å². The van der Waals surface area contributed by atoms with E-state index in [9.17, 15) is 27.9 Å². The molecule has 1 aliphatic heterocycles. The summed E-state index contributed by atoms with van der Waals surface area (Å²) >= 11 is 6.27. The third-order valence-electron chi connectivity index (χ3n) is 7.42. The number of sulfonamides is 1. The SMILES string of the molecule is N=C(N)N1CCCC(CNC(=O)C[C@H](NS(=O)(=O)c2ccc3ccccc3c2)C(=O)N(CC(=O)O)Cc2ccccc2Cl)C1. The number of nitrogens with zero attached hydrogens (tertiary/aromatic N) is 2. The van der Waals surface area contributed by atoms with Crippen LogP contribution in [0, 0.1) is 11.3 Å². The number of nitrogens with two attached hydrogens (primary N) is 1. The molecule has 3 aromatic rings. The largest absolute Gasteiger partial charge is 0.480 e. The normalized spacial score (nSPS) is 15.8. The van der Waals surface area contributed by atoms with Crippen LogP contribution in [0.5, 0.6) is 0 Å². The number of carboxylic acid groups (broad SMARTS) is 1. The molecule has 12 nitrogen and oxygen atoms in total. The second-order valence-corrected chi connectivity index (χ2v) is 12.8. The number of halogens is 1. The number of amides is 2. The van der Waals surface area contributed by atoms with Crippen LogP contribution in [0.2, 0.25) is 5.02 Å². The lowest BCUT2D eigenvalue weighted by Crippen LogP contribution is -2.52. The fraction of sp³-hybridized carbons (Fsp3) is 0.333. The van der Waals surface area contributed by atoms with Crippen LogP contribution < -0.4 is 15.8 Å². The summed E-state index contributed by atoms with van der Waals surface area (Å²) in [5.41, 5.74) is 6.07. The van der Waals surface area contributed by atoms with Gasteiger partial charge in [0.05, 0.1) is 11.3 Å². The lowest BCUT2D eigenvalue weighted by molar-refractivity contribution is -0.146. The molecular weight excluding hydrogens is 608 g/mol. The highest BCUT2D eigenvalue weighted by atomic mass is 35.5. The molecule has 0 radical (unpaired) electrons. The fourth-order valence-electron chi connectivity index (χ4n) is 5.16. The molecule has 4 rings (SSSR count). The van der Waals surface area contributed by atoms with Crippen LogP contribution in [0.25, 0.3) is 10.8 Å². The number of guanidine groups is 1. The number of aliphatic carboxylic acids is 1. The quantitative estimate of drug-likeness (QED) is 0.147. The number of hydrogen-bond acceptors (Lipinski definition) is 6. The lowest BCUT2D eigenvalue weighted by atomic mass is 9.98. The Hall–Kier alpha value is -4.20. The van der Waals surface area contributed by atoms with Crippen LogP contribution in [0.15, 0.2) is 71.6 Å². The highest BCUT2D eigenvalue weighted by molar-refractivity contribution is 7.89. The number of benzene rings is 3. The summed E-state index contributed by atoms with van der Waals surface area (Å²) in [6, 6.07) is 16.6. The maximum atomic E-state index is 13.8. The number of carbonyl (C=O) groups is 3. The van der Waals surface area contributed by atoms with E-state index in [1.807, 2.05) is 12.1 Å². The summed E-state index contributed by atoms with van der Waals surface area (Å²) in [5, 5.41) is 21.8. The minimum atomic E-state index is -4.33. The molecule has 1 aliphatic rings. The summed E-state index contributed by atoms with van der Waals surface area (Å²) in [6.45, 7) is 0.403. The first-order valence-corrected chi connectivity index (χ1v) is 15.9. The second kappa shape index (κ2) is 14.5. The molecule has 44 heavy (non-hydrogen) atoms. The number of likely N-dealkylation sites (tertiary alicyclic amines) is 1. The average Bonchev–Trinajstić information content (AvgIpc) is 2.99. The van der Waals surface area contributed by atoms with Crippen molar-refractivity contribution in [2.24, 2.45) is 11.7 Å². The van der Waals surface area contributed by atoms with Crippen molar-refractivity contribution in [3.8, 4) is 0 Å². The predicted octanol–water partition coefficient (Wildman–Crippen LogP) is 2.37. The molecule has 2 amide bonds. The average molecular weight is 643 g/mol. The van der Waals surface area contributed by atoms with Gasteiger partial charge in [0, 0.05) is 31.2 Å². The monoisotopic (exact) mass is 642 g/mol. The Labute approximate surface area is 260 Å². The van der Waals surface area contributed by atoms with Crippen molar-refractivity contribution in [3.05, 3.63) is 77.3 Å². The van der Waals surface area contributed by atoms with Crippen molar-refractivity contribution in [3.63, 3.8) is 0 Å². The van der Waals surface area contributed by atoms with Crippen molar-refractivity contribution < 1.29 is 27.9 Å². The molecule has 2 atom stereocenters. The molecule has 0 aliphatic carbocycles. The maximum Gasteiger partial charge on any atom is 0.323 e. The van der Waals surface area contributed by atoms with E-state index in [0.717, 1.165) is 23.1 Å². The predicted molar refractivity (Wildman–Crippen MR) is 166 cm³/mol. The van der Waals surface area contributed by atoms with Crippen LogP contribution >= 0.6 is 11.6 Å². The standard InChI is InChI=1S/C30H35ClN6O6S/c31-25-10-4-3-9-23(25)18-37(19-28(39)40)29(41)26(15-27(38)34-16-20-6-5-13-36(17-20)30(32)33)35-44(42,43)24-12-11-21-7-1-2-8-22(21)14-24/h1-4,7-12,14,20,26,35H,5-6,13,15-19H2,(H3,32,33)(H,34,38)(H,39,40)/t20?,26-/m0/s1. The first-order chi connectivity index (χ1) is 20.9. The van der Waals surface area contributed by atoms with Crippen LogP contribution in [0.1, 0.15) is 24.8 Å². The van der Waals surface area contributed by atoms with E-state index < -0.39 is 46.8 Å². The number of hydrogen-bond donors (Lipinski definition) is 5. The number of fused-ring (bicyclic) bond motifs is 1. The van der Waals surface area contributed by atoms with Gasteiger partial charge < -0.3 is 26.0 Å². The molecule has 1 heterocycles. The number of rotatable bonds is 12. The maximum absolute atomic E-state index is 13.8. The van der Waals surface area contributed by atoms with Gasteiger partial charge in [-0.1, -0.05) is 60.1 Å². The molecule has 3 aromatic carbocycles. The van der Waals surface area contributed by atoms with Crippen molar-refractivity contribution in [1.82, 2.24) is 19.8 Å². The Balaban J connectivity index is 1.58. The minimum Gasteiger partial charge on any atom is -0.480 e. The van der Waals surface area contributed by atoms with Gasteiger partial charge in [-0.05, 0) is 53.3 Å². The van der Waals surface area contributed by atoms with E-state index >= 15 is 0 Å². The van der Waals surface area contributed by atoms with Crippen molar-refractivity contribution in [1.29, 1.82) is 5.41 Å². The van der Waals surface area contributed by atoms with Gasteiger partial charge in [-0.2, -0.15) is 4.72 Å². The molecule has 0 bridgehead atoms. The summed E-state index contributed by atoms with van der Waals surface area (Å²) < 4.78 is 29.5. The zero-order valence-electron chi connectivity index (χ0n) is 23.9. The van der Waals surface area contributed by atoms with E-state index in [4.69, 9.17) is 22.7 Å².